The van der Waals surface area contributed by atoms with Gasteiger partial charge in [0.15, 0.2) is 5.78 Å². The van der Waals surface area contributed by atoms with Gasteiger partial charge in [-0.05, 0) is 111 Å². The molecule has 1 aromatic heterocycles. The topological polar surface area (TPSA) is 160 Å². The number of esters is 1. The standard InChI is InChI=1S/C47H49N3O9/c1-6-8-10-12-14-41(48-58-31(4)52)46(55)34-16-22-37(23-17-34)50-43-26-20-35(45(54)33-18-24-38(25-19-33)57-30(3)51)28-39(43)40-29-36(21-27-44(40)50)47(56)42(49-59-32(5)53)15-13-11-9-7-2/h16-29H,6-15H2,1-5H3/b48-41+,49-42+. The molecule has 1 heterocycles. The van der Waals surface area contributed by atoms with Gasteiger partial charge in [-0.25, -0.2) is 9.59 Å². The van der Waals surface area contributed by atoms with Crippen LogP contribution in [-0.4, -0.2) is 51.2 Å². The molecule has 0 amide bonds. The summed E-state index contributed by atoms with van der Waals surface area (Å²) in [4.78, 5) is 85.9. The zero-order valence-corrected chi connectivity index (χ0v) is 34.2. The summed E-state index contributed by atoms with van der Waals surface area (Å²) in [6.45, 7) is 7.94. The molecule has 0 aliphatic heterocycles. The third-order valence-electron chi connectivity index (χ3n) is 9.68. The van der Waals surface area contributed by atoms with E-state index in [-0.39, 0.29) is 28.8 Å². The largest absolute Gasteiger partial charge is 0.427 e. The highest BCUT2D eigenvalue weighted by molar-refractivity contribution is 6.46. The number of rotatable bonds is 20. The van der Waals surface area contributed by atoms with E-state index >= 15 is 0 Å². The number of oxime groups is 2. The molecule has 0 aliphatic rings. The van der Waals surface area contributed by atoms with Gasteiger partial charge in [0, 0.05) is 59.5 Å². The number of Topliss-reactive ketones (excluding diaryl/α,β-unsaturated/α-hetero) is 2. The number of aromatic nitrogens is 1. The van der Waals surface area contributed by atoms with E-state index in [0.717, 1.165) is 56.0 Å². The Bertz CT molecular complexity index is 2420. The molecule has 0 atom stereocenters. The van der Waals surface area contributed by atoms with Crippen molar-refractivity contribution in [3.05, 3.63) is 107 Å². The van der Waals surface area contributed by atoms with Crippen LogP contribution in [0.2, 0.25) is 0 Å². The van der Waals surface area contributed by atoms with Crippen LogP contribution >= 0.6 is 0 Å². The summed E-state index contributed by atoms with van der Waals surface area (Å²) in [5.74, 6) is -2.38. The summed E-state index contributed by atoms with van der Waals surface area (Å²) in [5.41, 5.74) is 3.93. The summed E-state index contributed by atoms with van der Waals surface area (Å²) in [6, 6.07) is 23.9. The molecular formula is C47H49N3O9. The fraction of sp³-hybridized carbons (Fsp3) is 0.319. The van der Waals surface area contributed by atoms with Gasteiger partial charge in [-0.1, -0.05) is 62.7 Å². The lowest BCUT2D eigenvalue weighted by Crippen LogP contribution is -2.16. The normalized spacial score (nSPS) is 11.7. The Hall–Kier alpha value is -6.56. The summed E-state index contributed by atoms with van der Waals surface area (Å²) in [7, 11) is 0. The highest BCUT2D eigenvalue weighted by atomic mass is 16.7. The Morgan fingerprint density at radius 2 is 0.966 bits per heavy atom. The lowest BCUT2D eigenvalue weighted by Gasteiger charge is -2.10. The molecule has 5 aromatic rings. The minimum absolute atomic E-state index is 0.134. The van der Waals surface area contributed by atoms with Gasteiger partial charge in [-0.2, -0.15) is 0 Å². The molecule has 0 spiro atoms. The van der Waals surface area contributed by atoms with E-state index in [1.807, 2.05) is 16.7 Å². The van der Waals surface area contributed by atoms with Crippen molar-refractivity contribution < 1.29 is 43.2 Å². The van der Waals surface area contributed by atoms with Crippen molar-refractivity contribution in [3.63, 3.8) is 0 Å². The first-order valence-electron chi connectivity index (χ1n) is 20.0. The number of fused-ring (bicyclic) bond motifs is 3. The maximum atomic E-state index is 14.0. The number of carbonyl (C=O) groups excluding carboxylic acids is 6. The molecule has 0 fully saturated rings. The molecule has 306 valence electrons. The monoisotopic (exact) mass is 799 g/mol. The molecule has 12 heteroatoms. The molecular weight excluding hydrogens is 751 g/mol. The van der Waals surface area contributed by atoms with E-state index in [1.165, 1.54) is 20.8 Å². The van der Waals surface area contributed by atoms with Gasteiger partial charge in [0.05, 0.1) is 11.0 Å². The van der Waals surface area contributed by atoms with Crippen LogP contribution in [0.1, 0.15) is 135 Å². The molecule has 4 aromatic carbocycles. The second kappa shape index (κ2) is 20.7. The first kappa shape index (κ1) is 43.6. The predicted molar refractivity (Wildman–Crippen MR) is 227 cm³/mol. The molecule has 12 nitrogen and oxygen atoms in total. The van der Waals surface area contributed by atoms with Gasteiger partial charge >= 0.3 is 17.9 Å². The molecule has 0 N–H and O–H groups in total. The Labute approximate surface area is 343 Å². The number of carbonyl (C=O) groups is 6. The predicted octanol–water partition coefficient (Wildman–Crippen LogP) is 10.1. The summed E-state index contributed by atoms with van der Waals surface area (Å²) >= 11 is 0. The van der Waals surface area contributed by atoms with Crippen molar-refractivity contribution in [1.82, 2.24) is 4.57 Å². The zero-order valence-electron chi connectivity index (χ0n) is 34.2. The number of unbranched alkanes of at least 4 members (excludes halogenated alkanes) is 6. The van der Waals surface area contributed by atoms with E-state index in [1.54, 1.807) is 72.8 Å². The number of benzene rings is 4. The highest BCUT2D eigenvalue weighted by Gasteiger charge is 2.22. The molecule has 59 heavy (non-hydrogen) atoms. The van der Waals surface area contributed by atoms with Gasteiger partial charge in [0.1, 0.15) is 17.2 Å². The van der Waals surface area contributed by atoms with Crippen LogP contribution in [0.3, 0.4) is 0 Å². The molecule has 0 radical (unpaired) electrons. The first-order chi connectivity index (χ1) is 28.4. The van der Waals surface area contributed by atoms with Crippen molar-refractivity contribution in [3.8, 4) is 11.4 Å². The Morgan fingerprint density at radius 3 is 1.46 bits per heavy atom. The lowest BCUT2D eigenvalue weighted by molar-refractivity contribution is -0.141. The van der Waals surface area contributed by atoms with Crippen molar-refractivity contribution in [2.24, 2.45) is 10.3 Å². The van der Waals surface area contributed by atoms with Gasteiger partial charge in [-0.3, -0.25) is 19.2 Å². The van der Waals surface area contributed by atoms with Crippen molar-refractivity contribution >= 4 is 68.5 Å². The fourth-order valence-corrected chi connectivity index (χ4v) is 6.76. The molecule has 0 aliphatic carbocycles. The average molecular weight is 800 g/mol. The highest BCUT2D eigenvalue weighted by Crippen LogP contribution is 2.34. The Morgan fingerprint density at radius 1 is 0.508 bits per heavy atom. The van der Waals surface area contributed by atoms with Crippen molar-refractivity contribution in [2.75, 3.05) is 0 Å². The SMILES string of the molecule is CCCCCC/C(=N\OC(C)=O)C(=O)c1ccc(-n2c3ccc(C(=O)/C(CCCCCC)=N/OC(C)=O)cc3c3cc(C(=O)c4ccc(OC(C)=O)cc4)ccc32)cc1. The lowest BCUT2D eigenvalue weighted by atomic mass is 9.98. The minimum atomic E-state index is -0.631. The smallest absolute Gasteiger partial charge is 0.331 e. The Balaban J connectivity index is 1.59. The van der Waals surface area contributed by atoms with Crippen molar-refractivity contribution in [1.29, 1.82) is 0 Å². The minimum Gasteiger partial charge on any atom is -0.427 e. The molecule has 0 unspecified atom stereocenters. The fourth-order valence-electron chi connectivity index (χ4n) is 6.76. The summed E-state index contributed by atoms with van der Waals surface area (Å²) < 4.78 is 7.11. The maximum Gasteiger partial charge on any atom is 0.331 e. The van der Waals surface area contributed by atoms with Crippen LogP contribution in [0.15, 0.2) is 95.2 Å². The van der Waals surface area contributed by atoms with Crippen molar-refractivity contribution in [2.45, 2.75) is 98.8 Å². The van der Waals surface area contributed by atoms with E-state index < -0.39 is 17.9 Å². The van der Waals surface area contributed by atoms with Crippen LogP contribution in [0, 0.1) is 0 Å². The number of hydrogen-bond donors (Lipinski definition) is 0. The third-order valence-corrected chi connectivity index (χ3v) is 9.68. The van der Waals surface area contributed by atoms with Crippen LogP contribution in [0.5, 0.6) is 5.75 Å². The third kappa shape index (κ3) is 11.3. The summed E-state index contributed by atoms with van der Waals surface area (Å²) in [5, 5.41) is 9.19. The van der Waals surface area contributed by atoms with E-state index in [0.29, 0.717) is 63.7 Å². The van der Waals surface area contributed by atoms with Crippen LogP contribution in [-0.2, 0) is 24.1 Å². The molecule has 0 bridgehead atoms. The van der Waals surface area contributed by atoms with E-state index in [4.69, 9.17) is 14.4 Å². The number of ketones is 3. The van der Waals surface area contributed by atoms with Gasteiger partial charge in [0.2, 0.25) is 11.6 Å². The number of hydrogen-bond acceptors (Lipinski definition) is 11. The zero-order chi connectivity index (χ0) is 42.5. The first-order valence-corrected chi connectivity index (χ1v) is 20.0. The van der Waals surface area contributed by atoms with E-state index in [9.17, 15) is 28.8 Å². The van der Waals surface area contributed by atoms with E-state index in [2.05, 4.69) is 24.2 Å². The number of nitrogens with zero attached hydrogens (tertiary/aromatic N) is 3. The second-order valence-corrected chi connectivity index (χ2v) is 14.3. The Kier molecular flexibility index (Phi) is 15.3. The van der Waals surface area contributed by atoms with Gasteiger partial charge in [0.25, 0.3) is 0 Å². The quantitative estimate of drug-likeness (QED) is 0.0142. The molecule has 5 rings (SSSR count). The van der Waals surface area contributed by atoms with Crippen LogP contribution < -0.4 is 4.74 Å². The van der Waals surface area contributed by atoms with Gasteiger partial charge in [-0.15, -0.1) is 0 Å². The molecule has 0 saturated heterocycles. The van der Waals surface area contributed by atoms with Crippen LogP contribution in [0.25, 0.3) is 27.5 Å². The molecule has 0 saturated carbocycles. The van der Waals surface area contributed by atoms with Crippen LogP contribution in [0.4, 0.5) is 0 Å². The van der Waals surface area contributed by atoms with Gasteiger partial charge < -0.3 is 19.0 Å². The summed E-state index contributed by atoms with van der Waals surface area (Å²) in [6.07, 6.45) is 7.98. The number of ether oxygens (including phenoxy) is 1. The second-order valence-electron chi connectivity index (χ2n) is 14.3. The maximum absolute atomic E-state index is 14.0. The average Bonchev–Trinajstić information content (AvgIpc) is 3.55.